The number of carbonyl (C=O) groups excluding carboxylic acids is 1. The molecule has 1 amide bonds. The Bertz CT molecular complexity index is 743. The first-order valence-corrected chi connectivity index (χ1v) is 10.2. The van der Waals surface area contributed by atoms with E-state index in [0.717, 1.165) is 37.7 Å². The molecule has 0 atom stereocenters. The van der Waals surface area contributed by atoms with Crippen LogP contribution in [0.2, 0.25) is 0 Å². The van der Waals surface area contributed by atoms with Gasteiger partial charge in [-0.25, -0.2) is 4.98 Å². The summed E-state index contributed by atoms with van der Waals surface area (Å²) in [6.45, 7) is 4.37. The van der Waals surface area contributed by atoms with E-state index >= 15 is 0 Å². The van der Waals surface area contributed by atoms with Crippen LogP contribution >= 0.6 is 0 Å². The van der Waals surface area contributed by atoms with Crippen LogP contribution in [-0.4, -0.2) is 37.1 Å². The van der Waals surface area contributed by atoms with Crippen LogP contribution in [0.3, 0.4) is 0 Å². The van der Waals surface area contributed by atoms with Crippen LogP contribution in [0.25, 0.3) is 0 Å². The van der Waals surface area contributed by atoms with Gasteiger partial charge in [-0.15, -0.1) is 0 Å². The van der Waals surface area contributed by atoms with Crippen LogP contribution < -0.4 is 15.1 Å². The summed E-state index contributed by atoms with van der Waals surface area (Å²) in [4.78, 5) is 21.8. The van der Waals surface area contributed by atoms with Gasteiger partial charge in [-0.3, -0.25) is 4.79 Å². The van der Waals surface area contributed by atoms with Crippen LogP contribution in [-0.2, 0) is 0 Å². The fraction of sp³-hybridized carbons (Fsp3) is 0.455. The van der Waals surface area contributed by atoms with Gasteiger partial charge in [0.1, 0.15) is 5.82 Å². The number of hydrogen-bond donors (Lipinski definition) is 1. The maximum absolute atomic E-state index is 12.5. The summed E-state index contributed by atoms with van der Waals surface area (Å²) in [5.74, 6) is 0.863. The molecule has 0 spiro atoms. The molecule has 5 nitrogen and oxygen atoms in total. The molecule has 2 aromatic rings. The van der Waals surface area contributed by atoms with Crippen LogP contribution in [0.4, 0.5) is 17.2 Å². The largest absolute Gasteiger partial charge is 0.372 e. The highest BCUT2D eigenvalue weighted by Gasteiger charge is 2.14. The van der Waals surface area contributed by atoms with E-state index < -0.39 is 0 Å². The van der Waals surface area contributed by atoms with Crippen molar-refractivity contribution in [3.05, 3.63) is 48.2 Å². The third-order valence-corrected chi connectivity index (χ3v) is 5.54. The van der Waals surface area contributed by atoms with Crippen molar-refractivity contribution in [1.82, 2.24) is 4.98 Å². The summed E-state index contributed by atoms with van der Waals surface area (Å²) in [5, 5.41) is 2.97. The standard InChI is InChI=1S/C22H28N4O/c27-22(24-19-8-10-20(11-9-19)25-13-5-6-14-25)18-7-12-21(23-17-18)26-15-3-1-2-4-16-26/h7-12,17H,1-6,13-16H2,(H,24,27). The van der Waals surface area contributed by atoms with Gasteiger partial charge in [0.05, 0.1) is 5.56 Å². The van der Waals surface area contributed by atoms with E-state index in [1.54, 1.807) is 6.20 Å². The smallest absolute Gasteiger partial charge is 0.257 e. The Morgan fingerprint density at radius 1 is 0.778 bits per heavy atom. The average Bonchev–Trinajstić information content (AvgIpc) is 3.11. The van der Waals surface area contributed by atoms with Gasteiger partial charge in [-0.1, -0.05) is 12.8 Å². The number of hydrogen-bond acceptors (Lipinski definition) is 4. The van der Waals surface area contributed by atoms with Crippen molar-refractivity contribution in [3.63, 3.8) is 0 Å². The second-order valence-corrected chi connectivity index (χ2v) is 7.50. The molecule has 5 heteroatoms. The maximum Gasteiger partial charge on any atom is 0.257 e. The molecule has 0 aliphatic carbocycles. The zero-order valence-corrected chi connectivity index (χ0v) is 15.9. The lowest BCUT2D eigenvalue weighted by Crippen LogP contribution is -2.25. The number of anilines is 3. The summed E-state index contributed by atoms with van der Waals surface area (Å²) >= 11 is 0. The molecule has 2 fully saturated rings. The first kappa shape index (κ1) is 17.8. The van der Waals surface area contributed by atoms with Gasteiger partial charge in [0.2, 0.25) is 0 Å². The molecular formula is C22H28N4O. The van der Waals surface area contributed by atoms with Gasteiger partial charge in [-0.2, -0.15) is 0 Å². The first-order chi connectivity index (χ1) is 13.3. The van der Waals surface area contributed by atoms with E-state index in [2.05, 4.69) is 32.2 Å². The summed E-state index contributed by atoms with van der Waals surface area (Å²) in [7, 11) is 0. The van der Waals surface area contributed by atoms with Crippen molar-refractivity contribution in [3.8, 4) is 0 Å². The second kappa shape index (κ2) is 8.42. The van der Waals surface area contributed by atoms with Crippen LogP contribution in [0.5, 0.6) is 0 Å². The molecule has 1 aromatic carbocycles. The van der Waals surface area contributed by atoms with Crippen LogP contribution in [0.15, 0.2) is 42.6 Å². The van der Waals surface area contributed by atoms with E-state index in [0.29, 0.717) is 5.56 Å². The van der Waals surface area contributed by atoms with E-state index in [1.165, 1.54) is 44.2 Å². The third-order valence-electron chi connectivity index (χ3n) is 5.54. The molecule has 27 heavy (non-hydrogen) atoms. The zero-order valence-electron chi connectivity index (χ0n) is 15.9. The van der Waals surface area contributed by atoms with E-state index in [-0.39, 0.29) is 5.91 Å². The zero-order chi connectivity index (χ0) is 18.5. The van der Waals surface area contributed by atoms with Crippen molar-refractivity contribution in [1.29, 1.82) is 0 Å². The van der Waals surface area contributed by atoms with Gasteiger partial charge in [0, 0.05) is 43.8 Å². The van der Waals surface area contributed by atoms with Crippen molar-refractivity contribution in [2.24, 2.45) is 0 Å². The van der Waals surface area contributed by atoms with E-state index in [1.807, 2.05) is 24.3 Å². The minimum absolute atomic E-state index is 0.112. The molecule has 2 aliphatic rings. The van der Waals surface area contributed by atoms with Crippen molar-refractivity contribution < 1.29 is 4.79 Å². The first-order valence-electron chi connectivity index (χ1n) is 10.2. The number of rotatable bonds is 4. The van der Waals surface area contributed by atoms with Gasteiger partial charge in [0.15, 0.2) is 0 Å². The van der Waals surface area contributed by atoms with Gasteiger partial charge in [0.25, 0.3) is 5.91 Å². The van der Waals surface area contributed by atoms with Crippen LogP contribution in [0, 0.1) is 0 Å². The summed E-state index contributed by atoms with van der Waals surface area (Å²) < 4.78 is 0. The number of nitrogens with zero attached hydrogens (tertiary/aromatic N) is 3. The molecule has 2 saturated heterocycles. The summed E-state index contributed by atoms with van der Waals surface area (Å²) in [5.41, 5.74) is 2.64. The Morgan fingerprint density at radius 2 is 1.41 bits per heavy atom. The number of nitrogens with one attached hydrogen (secondary N) is 1. The molecule has 0 bridgehead atoms. The SMILES string of the molecule is O=C(Nc1ccc(N2CCCC2)cc1)c1ccc(N2CCCCCC2)nc1. The number of pyridine rings is 1. The predicted molar refractivity (Wildman–Crippen MR) is 111 cm³/mol. The molecule has 142 valence electrons. The molecule has 0 saturated carbocycles. The number of benzene rings is 1. The molecule has 0 unspecified atom stereocenters. The molecular weight excluding hydrogens is 336 g/mol. The average molecular weight is 364 g/mol. The lowest BCUT2D eigenvalue weighted by molar-refractivity contribution is 0.102. The maximum atomic E-state index is 12.5. The number of carbonyl (C=O) groups is 1. The highest BCUT2D eigenvalue weighted by molar-refractivity contribution is 6.04. The molecule has 1 N–H and O–H groups in total. The summed E-state index contributed by atoms with van der Waals surface area (Å²) in [6.07, 6.45) is 9.25. The van der Waals surface area contributed by atoms with Crippen molar-refractivity contribution in [2.75, 3.05) is 41.3 Å². The highest BCUT2D eigenvalue weighted by Crippen LogP contribution is 2.22. The van der Waals surface area contributed by atoms with Gasteiger partial charge < -0.3 is 15.1 Å². The minimum atomic E-state index is -0.112. The Hall–Kier alpha value is -2.56. The lowest BCUT2D eigenvalue weighted by atomic mass is 10.2. The Kier molecular flexibility index (Phi) is 5.56. The Labute approximate surface area is 161 Å². The lowest BCUT2D eigenvalue weighted by Gasteiger charge is -2.21. The van der Waals surface area contributed by atoms with Crippen LogP contribution in [0.1, 0.15) is 48.9 Å². The van der Waals surface area contributed by atoms with Crippen molar-refractivity contribution >= 4 is 23.1 Å². The molecule has 4 rings (SSSR count). The highest BCUT2D eigenvalue weighted by atomic mass is 16.1. The topological polar surface area (TPSA) is 48.5 Å². The molecule has 1 aromatic heterocycles. The number of aromatic nitrogens is 1. The fourth-order valence-electron chi connectivity index (χ4n) is 3.94. The van der Waals surface area contributed by atoms with E-state index in [9.17, 15) is 4.79 Å². The fourth-order valence-corrected chi connectivity index (χ4v) is 3.94. The molecule has 0 radical (unpaired) electrons. The molecule has 2 aliphatic heterocycles. The summed E-state index contributed by atoms with van der Waals surface area (Å²) in [6, 6.07) is 12.0. The Morgan fingerprint density at radius 3 is 2.04 bits per heavy atom. The van der Waals surface area contributed by atoms with Gasteiger partial charge in [-0.05, 0) is 62.1 Å². The quantitative estimate of drug-likeness (QED) is 0.878. The Balaban J connectivity index is 1.37. The second-order valence-electron chi connectivity index (χ2n) is 7.50. The molecule has 3 heterocycles. The monoisotopic (exact) mass is 364 g/mol. The predicted octanol–water partition coefficient (Wildman–Crippen LogP) is 4.31. The van der Waals surface area contributed by atoms with Gasteiger partial charge >= 0.3 is 0 Å². The van der Waals surface area contributed by atoms with Crippen molar-refractivity contribution in [2.45, 2.75) is 38.5 Å². The van der Waals surface area contributed by atoms with E-state index in [4.69, 9.17) is 0 Å². The normalized spacial score (nSPS) is 17.6. The number of amides is 1. The minimum Gasteiger partial charge on any atom is -0.372 e. The third kappa shape index (κ3) is 4.41.